The predicted molar refractivity (Wildman–Crippen MR) is 64.7 cm³/mol. The number of nitrogens with zero attached hydrogens (tertiary/aromatic N) is 1. The van der Waals surface area contributed by atoms with Crippen LogP contribution in [0, 0.1) is 0 Å². The molecule has 0 spiro atoms. The van der Waals surface area contributed by atoms with Crippen molar-refractivity contribution >= 4 is 11.6 Å². The van der Waals surface area contributed by atoms with Gasteiger partial charge >= 0.3 is 0 Å². The Labute approximate surface area is 96.8 Å². The highest BCUT2D eigenvalue weighted by Gasteiger charge is 2.12. The van der Waals surface area contributed by atoms with Gasteiger partial charge in [-0.1, -0.05) is 13.0 Å². The molecule has 2 nitrogen and oxygen atoms in total. The normalized spacial score (nSPS) is 12.9. The van der Waals surface area contributed by atoms with Crippen LogP contribution >= 0.6 is 11.6 Å². The van der Waals surface area contributed by atoms with Crippen molar-refractivity contribution in [2.24, 2.45) is 0 Å². The van der Waals surface area contributed by atoms with Crippen molar-refractivity contribution < 1.29 is 4.74 Å². The monoisotopic (exact) mass is 227 g/mol. The zero-order valence-corrected chi connectivity index (χ0v) is 10.5. The van der Waals surface area contributed by atoms with Gasteiger partial charge in [0.15, 0.2) is 0 Å². The van der Waals surface area contributed by atoms with Crippen molar-refractivity contribution in [3.8, 4) is 5.75 Å². The second-order valence-electron chi connectivity index (χ2n) is 3.72. The zero-order valence-electron chi connectivity index (χ0n) is 9.75. The van der Waals surface area contributed by atoms with E-state index in [2.05, 4.69) is 13.0 Å². The summed E-state index contributed by atoms with van der Waals surface area (Å²) >= 11 is 6.25. The van der Waals surface area contributed by atoms with Gasteiger partial charge in [-0.25, -0.2) is 0 Å². The maximum absolute atomic E-state index is 6.25. The van der Waals surface area contributed by atoms with Gasteiger partial charge in [-0.2, -0.15) is 0 Å². The molecule has 0 saturated heterocycles. The lowest BCUT2D eigenvalue weighted by Gasteiger charge is -2.19. The molecule has 0 bridgehead atoms. The van der Waals surface area contributed by atoms with E-state index in [1.54, 1.807) is 7.11 Å². The fourth-order valence-electron chi connectivity index (χ4n) is 1.52. The van der Waals surface area contributed by atoms with E-state index in [1.165, 1.54) is 5.56 Å². The van der Waals surface area contributed by atoms with Gasteiger partial charge in [-0.3, -0.25) is 4.90 Å². The third-order valence-electron chi connectivity index (χ3n) is 2.41. The lowest BCUT2D eigenvalue weighted by atomic mass is 10.1. The molecule has 0 heterocycles. The van der Waals surface area contributed by atoms with E-state index in [0.29, 0.717) is 0 Å². The number of methoxy groups -OCH3 is 1. The third kappa shape index (κ3) is 2.86. The lowest BCUT2D eigenvalue weighted by molar-refractivity contribution is 0.382. The molecule has 1 aromatic rings. The summed E-state index contributed by atoms with van der Waals surface area (Å²) in [5.41, 5.74) is 2.23. The molecule has 15 heavy (non-hydrogen) atoms. The topological polar surface area (TPSA) is 12.5 Å². The predicted octanol–water partition coefficient (Wildman–Crippen LogP) is 3.06. The molecular weight excluding hydrogens is 210 g/mol. The molecule has 0 amide bonds. The Hall–Kier alpha value is -0.730. The summed E-state index contributed by atoms with van der Waals surface area (Å²) in [6.07, 6.45) is 0.952. The minimum atomic E-state index is -0.0822. The smallest absolute Gasteiger partial charge is 0.122 e. The van der Waals surface area contributed by atoms with E-state index in [-0.39, 0.29) is 5.50 Å². The zero-order chi connectivity index (χ0) is 11.4. The Morgan fingerprint density at radius 1 is 1.40 bits per heavy atom. The molecule has 1 aromatic carbocycles. The van der Waals surface area contributed by atoms with Gasteiger partial charge in [0.05, 0.1) is 7.11 Å². The maximum Gasteiger partial charge on any atom is 0.122 e. The second-order valence-corrected chi connectivity index (χ2v) is 4.14. The first-order valence-electron chi connectivity index (χ1n) is 5.07. The second kappa shape index (κ2) is 5.38. The van der Waals surface area contributed by atoms with E-state index < -0.39 is 0 Å². The molecule has 0 aliphatic heterocycles. The first-order chi connectivity index (χ1) is 7.10. The molecule has 0 aromatic heterocycles. The molecule has 1 unspecified atom stereocenters. The summed E-state index contributed by atoms with van der Waals surface area (Å²) < 4.78 is 5.27. The Balaban J connectivity index is 3.02. The van der Waals surface area contributed by atoms with Crippen LogP contribution in [-0.2, 0) is 6.42 Å². The van der Waals surface area contributed by atoms with Crippen LogP contribution in [-0.4, -0.2) is 26.1 Å². The number of rotatable bonds is 4. The summed E-state index contributed by atoms with van der Waals surface area (Å²) in [4.78, 5) is 1.98. The van der Waals surface area contributed by atoms with Crippen molar-refractivity contribution in [3.63, 3.8) is 0 Å². The largest absolute Gasteiger partial charge is 0.496 e. The van der Waals surface area contributed by atoms with Gasteiger partial charge in [0.1, 0.15) is 11.3 Å². The highest BCUT2D eigenvalue weighted by Crippen LogP contribution is 2.28. The molecule has 1 rings (SSSR count). The van der Waals surface area contributed by atoms with Gasteiger partial charge in [0, 0.05) is 0 Å². The molecule has 0 fully saturated rings. The Kier molecular flexibility index (Phi) is 4.43. The lowest BCUT2D eigenvalue weighted by Crippen LogP contribution is -2.14. The van der Waals surface area contributed by atoms with Gasteiger partial charge in [-0.05, 0) is 43.8 Å². The summed E-state index contributed by atoms with van der Waals surface area (Å²) in [6, 6.07) is 6.10. The van der Waals surface area contributed by atoms with E-state index in [1.807, 2.05) is 31.1 Å². The van der Waals surface area contributed by atoms with Gasteiger partial charge in [0.25, 0.3) is 0 Å². The van der Waals surface area contributed by atoms with Crippen LogP contribution in [0.1, 0.15) is 23.6 Å². The highest BCUT2D eigenvalue weighted by molar-refractivity contribution is 6.20. The highest BCUT2D eigenvalue weighted by atomic mass is 35.5. The van der Waals surface area contributed by atoms with Crippen LogP contribution in [0.2, 0.25) is 0 Å². The van der Waals surface area contributed by atoms with Crippen molar-refractivity contribution in [1.82, 2.24) is 4.90 Å². The summed E-state index contributed by atoms with van der Waals surface area (Å²) in [5, 5.41) is 0. The van der Waals surface area contributed by atoms with Crippen LogP contribution in [0.4, 0.5) is 0 Å². The number of hydrogen-bond donors (Lipinski definition) is 0. The number of ether oxygens (including phenoxy) is 1. The molecule has 0 aliphatic carbocycles. The van der Waals surface area contributed by atoms with Crippen molar-refractivity contribution in [2.45, 2.75) is 18.8 Å². The SMILES string of the molecule is CCc1cc(C(Cl)N(C)C)ccc1OC. The molecule has 84 valence electrons. The first-order valence-corrected chi connectivity index (χ1v) is 5.51. The maximum atomic E-state index is 6.25. The summed E-state index contributed by atoms with van der Waals surface area (Å²) in [5.74, 6) is 0.934. The fraction of sp³-hybridized carbons (Fsp3) is 0.500. The minimum Gasteiger partial charge on any atom is -0.496 e. The van der Waals surface area contributed by atoms with E-state index in [0.717, 1.165) is 17.7 Å². The Morgan fingerprint density at radius 3 is 2.53 bits per heavy atom. The molecule has 0 saturated carbocycles. The molecule has 0 aliphatic rings. The van der Waals surface area contributed by atoms with Crippen molar-refractivity contribution in [1.29, 1.82) is 0 Å². The summed E-state index contributed by atoms with van der Waals surface area (Å²) in [7, 11) is 5.62. The number of alkyl halides is 1. The Morgan fingerprint density at radius 2 is 2.07 bits per heavy atom. The standard InChI is InChI=1S/C12H18ClNO/c1-5-9-8-10(12(13)14(2)3)6-7-11(9)15-4/h6-8,12H,5H2,1-4H3. The Bertz CT molecular complexity index is 325. The molecule has 3 heteroatoms. The van der Waals surface area contributed by atoms with Crippen LogP contribution in [0.5, 0.6) is 5.75 Å². The van der Waals surface area contributed by atoms with E-state index in [9.17, 15) is 0 Å². The van der Waals surface area contributed by atoms with Crippen LogP contribution in [0.3, 0.4) is 0 Å². The average Bonchev–Trinajstić information content (AvgIpc) is 2.26. The van der Waals surface area contributed by atoms with E-state index >= 15 is 0 Å². The molecule has 1 atom stereocenters. The number of aryl methyl sites for hydroxylation is 1. The number of hydrogen-bond acceptors (Lipinski definition) is 2. The average molecular weight is 228 g/mol. The molecule has 0 N–H and O–H groups in total. The third-order valence-corrected chi connectivity index (χ3v) is 3.06. The van der Waals surface area contributed by atoms with Crippen LogP contribution < -0.4 is 4.74 Å². The molecule has 0 radical (unpaired) electrons. The number of benzene rings is 1. The van der Waals surface area contributed by atoms with Crippen LogP contribution in [0.15, 0.2) is 18.2 Å². The van der Waals surface area contributed by atoms with Crippen molar-refractivity contribution in [3.05, 3.63) is 29.3 Å². The quantitative estimate of drug-likeness (QED) is 0.579. The summed E-state index contributed by atoms with van der Waals surface area (Å²) in [6.45, 7) is 2.11. The minimum absolute atomic E-state index is 0.0822. The number of halogens is 1. The first kappa shape index (κ1) is 12.3. The fourth-order valence-corrected chi connectivity index (χ4v) is 1.66. The molecular formula is C12H18ClNO. The van der Waals surface area contributed by atoms with Gasteiger partial charge in [0.2, 0.25) is 0 Å². The van der Waals surface area contributed by atoms with Gasteiger partial charge in [-0.15, -0.1) is 11.6 Å². The van der Waals surface area contributed by atoms with E-state index in [4.69, 9.17) is 16.3 Å². The van der Waals surface area contributed by atoms with Crippen LogP contribution in [0.25, 0.3) is 0 Å². The van der Waals surface area contributed by atoms with Gasteiger partial charge < -0.3 is 4.74 Å². The van der Waals surface area contributed by atoms with Crippen molar-refractivity contribution in [2.75, 3.05) is 21.2 Å².